The predicted molar refractivity (Wildman–Crippen MR) is 220 cm³/mol. The third-order valence-corrected chi connectivity index (χ3v) is 12.5. The maximum atomic E-state index is 14.3. The van der Waals surface area contributed by atoms with E-state index in [-0.39, 0.29) is 70.1 Å². The number of likely N-dealkylation sites (tertiary alicyclic amines) is 1. The molecule has 0 aliphatic carbocycles. The molecule has 4 aromatic heterocycles. The summed E-state index contributed by atoms with van der Waals surface area (Å²) in [6, 6.07) is 9.23. The van der Waals surface area contributed by atoms with Gasteiger partial charge in [-0.3, -0.25) is 14.4 Å². The number of nitrogens with zero attached hydrogens (tertiary/aromatic N) is 8. The summed E-state index contributed by atoms with van der Waals surface area (Å²) >= 11 is 6.57. The number of aromatic amines is 1. The number of carboxylic acid groups (broad SMARTS) is 1. The number of nitrogens with one attached hydrogen (secondary N) is 3. The summed E-state index contributed by atoms with van der Waals surface area (Å²) in [5.41, 5.74) is 0.690. The molecule has 7 heterocycles. The second-order valence-corrected chi connectivity index (χ2v) is 16.7. The Hall–Kier alpha value is -5.83. The van der Waals surface area contributed by atoms with E-state index in [1.54, 1.807) is 21.9 Å². The van der Waals surface area contributed by atoms with Crippen molar-refractivity contribution in [3.8, 4) is 17.1 Å². The third kappa shape index (κ3) is 8.77. The molecule has 1 aromatic carbocycles. The van der Waals surface area contributed by atoms with Crippen LogP contribution in [-0.4, -0.2) is 150 Å². The molecule has 5 N–H and O–H groups in total. The van der Waals surface area contributed by atoms with Gasteiger partial charge in [0.1, 0.15) is 0 Å². The standard InChI is InChI=1S/C41H45ClF3N11O6/c1-52-33(29-21-55(51-36(29)41(43,44)45)34-5-4-31-32(50-34)17-27(48-31)8-15-57)20-47-37(52)38(60)49-26-2-3-28(30(42)16-26)40(62)54-11-9-53(10-12-54)39(61)25-6-13-56(14-7-25,23-35(58)59)22-24-18-46-19-24/h2-5,16-17,20-21,24-25,46,57H,6-15,18-19,22-23H2,1H3,(H2-,48,49,50,58,59,60,62)/p+1. The Morgan fingerprint density at radius 3 is 2.39 bits per heavy atom. The van der Waals surface area contributed by atoms with Crippen LogP contribution in [0.15, 0.2) is 48.8 Å². The first-order chi connectivity index (χ1) is 29.6. The maximum Gasteiger partial charge on any atom is 0.435 e. The van der Waals surface area contributed by atoms with E-state index in [9.17, 15) is 42.6 Å². The molecule has 0 unspecified atom stereocenters. The minimum absolute atomic E-state index is 0.0293. The van der Waals surface area contributed by atoms with E-state index >= 15 is 0 Å². The number of amides is 3. The molecule has 3 saturated heterocycles. The minimum atomic E-state index is -4.86. The van der Waals surface area contributed by atoms with Gasteiger partial charge in [-0.25, -0.2) is 19.4 Å². The molecule has 8 rings (SSSR count). The number of rotatable bonds is 12. The lowest BCUT2D eigenvalue weighted by Gasteiger charge is -2.46. The van der Waals surface area contributed by atoms with E-state index in [0.717, 1.165) is 30.5 Å². The molecule has 0 bridgehead atoms. The van der Waals surface area contributed by atoms with Crippen molar-refractivity contribution in [3.05, 3.63) is 76.6 Å². The van der Waals surface area contributed by atoms with Gasteiger partial charge in [-0.2, -0.15) is 18.3 Å². The van der Waals surface area contributed by atoms with Crippen LogP contribution in [0.4, 0.5) is 18.9 Å². The quantitative estimate of drug-likeness (QED) is 0.116. The van der Waals surface area contributed by atoms with Crippen LogP contribution in [-0.2, 0) is 29.2 Å². The number of piperidine rings is 1. The molecule has 62 heavy (non-hydrogen) atoms. The first kappa shape index (κ1) is 42.8. The van der Waals surface area contributed by atoms with E-state index in [2.05, 4.69) is 30.7 Å². The topological polar surface area (TPSA) is 204 Å². The van der Waals surface area contributed by atoms with Gasteiger partial charge in [0.15, 0.2) is 23.9 Å². The van der Waals surface area contributed by atoms with Crippen LogP contribution >= 0.6 is 11.6 Å². The fourth-order valence-electron chi connectivity index (χ4n) is 8.79. The number of carbonyl (C=O) groups excluding carboxylic acids is 3. The molecule has 5 aromatic rings. The van der Waals surface area contributed by atoms with E-state index in [4.69, 9.17) is 11.6 Å². The molecule has 3 aliphatic rings. The number of anilines is 1. The highest BCUT2D eigenvalue weighted by Gasteiger charge is 2.43. The number of aliphatic hydroxyl groups excluding tert-OH is 1. The number of carbonyl (C=O) groups is 4. The van der Waals surface area contributed by atoms with E-state index in [1.807, 2.05) is 0 Å². The van der Waals surface area contributed by atoms with Gasteiger partial charge in [-0.1, -0.05) is 11.6 Å². The number of hydrogen-bond acceptors (Lipinski definition) is 9. The summed E-state index contributed by atoms with van der Waals surface area (Å²) in [7, 11) is 1.40. The van der Waals surface area contributed by atoms with Gasteiger partial charge < -0.3 is 44.7 Å². The van der Waals surface area contributed by atoms with Gasteiger partial charge in [0.05, 0.1) is 58.7 Å². The number of imidazole rings is 1. The van der Waals surface area contributed by atoms with Crippen molar-refractivity contribution in [2.45, 2.75) is 25.4 Å². The number of halogens is 4. The zero-order valence-corrected chi connectivity index (χ0v) is 34.5. The van der Waals surface area contributed by atoms with Crippen LogP contribution in [0.2, 0.25) is 5.02 Å². The molecule has 0 saturated carbocycles. The number of pyridine rings is 1. The molecular formula is C41H46ClF3N11O6+. The minimum Gasteiger partial charge on any atom is -0.477 e. The van der Waals surface area contributed by atoms with E-state index in [0.29, 0.717) is 85.7 Å². The highest BCUT2D eigenvalue weighted by molar-refractivity contribution is 6.34. The number of fused-ring (bicyclic) bond motifs is 1. The fourth-order valence-corrected chi connectivity index (χ4v) is 9.05. The lowest BCUT2D eigenvalue weighted by Crippen LogP contribution is -2.62. The summed E-state index contributed by atoms with van der Waals surface area (Å²) < 4.78 is 45.7. The lowest BCUT2D eigenvalue weighted by atomic mass is 9.90. The Kier molecular flexibility index (Phi) is 11.8. The number of benzene rings is 1. The Morgan fingerprint density at radius 2 is 1.74 bits per heavy atom. The average molecular weight is 881 g/mol. The van der Waals surface area contributed by atoms with Crippen molar-refractivity contribution < 1.29 is 47.0 Å². The van der Waals surface area contributed by atoms with Crippen molar-refractivity contribution in [1.82, 2.24) is 44.4 Å². The van der Waals surface area contributed by atoms with Crippen LogP contribution in [0, 0.1) is 11.8 Å². The average Bonchev–Trinajstić information content (AvgIpc) is 3.95. The number of aromatic nitrogens is 6. The molecule has 328 valence electrons. The predicted octanol–water partition coefficient (Wildman–Crippen LogP) is 3.42. The van der Waals surface area contributed by atoms with Gasteiger partial charge in [0.2, 0.25) is 5.91 Å². The van der Waals surface area contributed by atoms with Crippen molar-refractivity contribution in [1.29, 1.82) is 0 Å². The van der Waals surface area contributed by atoms with Crippen LogP contribution in [0.3, 0.4) is 0 Å². The van der Waals surface area contributed by atoms with E-state index < -0.39 is 23.7 Å². The number of H-pyrrole nitrogens is 1. The number of alkyl halides is 3. The molecule has 0 radical (unpaired) electrons. The SMILES string of the molecule is Cn1c(-c2cn(-c3ccc4[nH]c(CCO)cc4n3)nc2C(F)(F)F)cnc1C(=O)Nc1ccc(C(=O)N2CCN(C(=O)C3CC[N+](CC(=O)O)(CC4CNC4)CC3)CC2)c(Cl)c1. The number of quaternary nitrogens is 1. The molecule has 3 fully saturated rings. The normalized spacial score (nSPS) is 19.7. The second-order valence-electron chi connectivity index (χ2n) is 16.3. The van der Waals surface area contributed by atoms with Gasteiger partial charge >= 0.3 is 12.1 Å². The molecular weight excluding hydrogens is 835 g/mol. The fraction of sp³-hybridized carbons (Fsp3) is 0.439. The third-order valence-electron chi connectivity index (χ3n) is 12.2. The lowest BCUT2D eigenvalue weighted by molar-refractivity contribution is -0.929. The number of piperazine rings is 1. The molecule has 3 amide bonds. The molecule has 21 heteroatoms. The Balaban J connectivity index is 0.888. The smallest absolute Gasteiger partial charge is 0.435 e. The molecule has 17 nitrogen and oxygen atoms in total. The summed E-state index contributed by atoms with van der Waals surface area (Å²) in [6.45, 7) is 5.12. The largest absolute Gasteiger partial charge is 0.477 e. The zero-order chi connectivity index (χ0) is 43.9. The molecule has 0 atom stereocenters. The van der Waals surface area contributed by atoms with Gasteiger partial charge in [0.25, 0.3) is 11.8 Å². The van der Waals surface area contributed by atoms with Crippen molar-refractivity contribution in [2.75, 3.05) is 77.4 Å². The number of aliphatic hydroxyl groups is 1. The molecule has 0 spiro atoms. The van der Waals surface area contributed by atoms with Crippen molar-refractivity contribution >= 4 is 52.0 Å². The molecule has 3 aliphatic heterocycles. The number of aliphatic carboxylic acids is 1. The Bertz CT molecular complexity index is 2520. The van der Waals surface area contributed by atoms with Crippen LogP contribution in [0.25, 0.3) is 28.1 Å². The van der Waals surface area contributed by atoms with Gasteiger partial charge in [0, 0.05) is 102 Å². The summed E-state index contributed by atoms with van der Waals surface area (Å²) in [6.07, 6.45) is -0.944. The first-order valence-electron chi connectivity index (χ1n) is 20.4. The van der Waals surface area contributed by atoms with Crippen LogP contribution in [0.1, 0.15) is 45.2 Å². The highest BCUT2D eigenvalue weighted by Crippen LogP contribution is 2.37. The van der Waals surface area contributed by atoms with Gasteiger partial charge in [-0.15, -0.1) is 0 Å². The van der Waals surface area contributed by atoms with Crippen molar-refractivity contribution in [3.63, 3.8) is 0 Å². The Morgan fingerprint density at radius 1 is 1.02 bits per heavy atom. The number of hydrogen-bond donors (Lipinski definition) is 5. The van der Waals surface area contributed by atoms with Gasteiger partial charge in [-0.05, 0) is 36.4 Å². The maximum absolute atomic E-state index is 14.3. The zero-order valence-electron chi connectivity index (χ0n) is 33.8. The first-order valence-corrected chi connectivity index (χ1v) is 20.7. The summed E-state index contributed by atoms with van der Waals surface area (Å²) in [4.78, 5) is 67.3. The van der Waals surface area contributed by atoms with Crippen molar-refractivity contribution in [2.24, 2.45) is 18.9 Å². The summed E-state index contributed by atoms with van der Waals surface area (Å²) in [5, 5.41) is 28.6. The summed E-state index contributed by atoms with van der Waals surface area (Å²) in [5.74, 6) is -1.70. The van der Waals surface area contributed by atoms with Crippen LogP contribution in [0.5, 0.6) is 0 Å². The van der Waals surface area contributed by atoms with Crippen LogP contribution < -0.4 is 10.6 Å². The Labute approximate surface area is 358 Å². The second kappa shape index (κ2) is 17.1. The highest BCUT2D eigenvalue weighted by atomic mass is 35.5. The number of carboxylic acids is 1. The monoisotopic (exact) mass is 880 g/mol. The van der Waals surface area contributed by atoms with E-state index in [1.165, 1.54) is 42.1 Å².